The molecule has 0 fully saturated rings. The highest BCUT2D eigenvalue weighted by Crippen LogP contribution is 2.39. The molecule has 2 aliphatic heterocycles. The maximum atomic E-state index is 12.6. The van der Waals surface area contributed by atoms with Gasteiger partial charge in [-0.1, -0.05) is 84.9 Å². The number of ketones is 2. The molecule has 12 nitrogen and oxygen atoms in total. The van der Waals surface area contributed by atoms with Gasteiger partial charge in [-0.15, -0.1) is 0 Å². The van der Waals surface area contributed by atoms with Gasteiger partial charge in [0.05, 0.1) is 33.7 Å². The number of hydrogen-bond donors (Lipinski definition) is 3. The van der Waals surface area contributed by atoms with Gasteiger partial charge < -0.3 is 25.1 Å². The quantitative estimate of drug-likeness (QED) is 0.166. The summed E-state index contributed by atoms with van der Waals surface area (Å²) in [7, 11) is -3.36. The third-order valence-electron chi connectivity index (χ3n) is 9.43. The molecule has 0 spiro atoms. The lowest BCUT2D eigenvalue weighted by Crippen LogP contribution is -2.33. The highest BCUT2D eigenvalue weighted by molar-refractivity contribution is 7.90. The van der Waals surface area contributed by atoms with Gasteiger partial charge >= 0.3 is 5.97 Å². The minimum atomic E-state index is -3.36. The van der Waals surface area contributed by atoms with E-state index in [0.29, 0.717) is 37.1 Å². The molecule has 2 aliphatic rings. The number of carboxylic acid groups (broad SMARTS) is 1. The normalized spacial score (nSPS) is 17.0. The minimum absolute atomic E-state index is 0.0326. The molecule has 55 heavy (non-hydrogen) atoms. The molecule has 2 atom stereocenters. The van der Waals surface area contributed by atoms with Gasteiger partial charge in [-0.2, -0.15) is 0 Å². The van der Waals surface area contributed by atoms with Crippen molar-refractivity contribution in [3.05, 3.63) is 160 Å². The van der Waals surface area contributed by atoms with Gasteiger partial charge in [0.2, 0.25) is 0 Å². The Morgan fingerprint density at radius 3 is 1.29 bits per heavy atom. The van der Waals surface area contributed by atoms with Crippen LogP contribution in [-0.4, -0.2) is 82.2 Å². The van der Waals surface area contributed by atoms with Crippen molar-refractivity contribution in [2.45, 2.75) is 43.7 Å². The van der Waals surface area contributed by atoms with Gasteiger partial charge in [-0.25, -0.2) is 13.2 Å². The van der Waals surface area contributed by atoms with Crippen LogP contribution in [0, 0.1) is 0 Å². The largest absolute Gasteiger partial charge is 0.503 e. The molecular weight excluding hydrogens is 725 g/mol. The number of nitrogens with zero attached hydrogens (tertiary/aromatic N) is 2. The summed E-state index contributed by atoms with van der Waals surface area (Å²) in [4.78, 5) is 63.5. The number of rotatable bonds is 12. The third-order valence-corrected chi connectivity index (χ3v) is 10.6. The second-order valence-corrected chi connectivity index (χ2v) is 15.2. The fraction of sp³-hybridized carbons (Fsp3) is 0.214. The van der Waals surface area contributed by atoms with Crippen molar-refractivity contribution in [2.75, 3.05) is 19.3 Å². The van der Waals surface area contributed by atoms with E-state index in [0.717, 1.165) is 17.4 Å². The molecule has 284 valence electrons. The van der Waals surface area contributed by atoms with Gasteiger partial charge in [0.1, 0.15) is 0 Å². The number of sulfone groups is 1. The van der Waals surface area contributed by atoms with E-state index in [-0.39, 0.29) is 21.6 Å². The molecule has 6 rings (SSSR count). The van der Waals surface area contributed by atoms with E-state index in [9.17, 15) is 42.6 Å². The molecule has 2 unspecified atom stereocenters. The number of benzene rings is 4. The lowest BCUT2D eigenvalue weighted by molar-refractivity contribution is -0.130. The van der Waals surface area contributed by atoms with E-state index >= 15 is 0 Å². The Balaban J connectivity index is 0.000000211. The van der Waals surface area contributed by atoms with E-state index < -0.39 is 62.8 Å². The van der Waals surface area contributed by atoms with Gasteiger partial charge in [0.15, 0.2) is 32.9 Å². The van der Waals surface area contributed by atoms with Crippen LogP contribution in [0.25, 0.3) is 0 Å². The SMILES string of the molecule is CC(=O)C1=C(O)C(=O)N(CCc2ccccc2)C1c1ccc(C(=O)O)cc1.CC(=O)C1=C(O)C(=O)N(CCc2ccccc2)C1c1ccc(S(C)(=O)=O)cc1. The zero-order valence-corrected chi connectivity index (χ0v) is 31.2. The van der Waals surface area contributed by atoms with E-state index in [2.05, 4.69) is 0 Å². The Morgan fingerprint density at radius 2 is 0.964 bits per heavy atom. The van der Waals surface area contributed by atoms with Gasteiger partial charge in [0.25, 0.3) is 11.8 Å². The number of carbonyl (C=O) groups excluding carboxylic acids is 4. The highest BCUT2D eigenvalue weighted by Gasteiger charge is 2.43. The lowest BCUT2D eigenvalue weighted by atomic mass is 9.95. The van der Waals surface area contributed by atoms with E-state index in [1.54, 1.807) is 24.3 Å². The van der Waals surface area contributed by atoms with E-state index in [1.807, 2.05) is 60.7 Å². The summed E-state index contributed by atoms with van der Waals surface area (Å²) in [6.07, 6.45) is 2.23. The number of Topliss-reactive ketones (excluding diaryl/α,β-unsaturated/α-hetero) is 2. The van der Waals surface area contributed by atoms with Crippen LogP contribution in [0.5, 0.6) is 0 Å². The van der Waals surface area contributed by atoms with Crippen LogP contribution < -0.4 is 0 Å². The first-order valence-corrected chi connectivity index (χ1v) is 19.2. The molecule has 0 aromatic heterocycles. The van der Waals surface area contributed by atoms with Crippen LogP contribution in [0.1, 0.15) is 58.5 Å². The van der Waals surface area contributed by atoms with Crippen molar-refractivity contribution < 1.29 is 47.7 Å². The van der Waals surface area contributed by atoms with Crippen LogP contribution in [-0.2, 0) is 41.9 Å². The van der Waals surface area contributed by atoms with Crippen molar-refractivity contribution in [2.24, 2.45) is 0 Å². The Morgan fingerprint density at radius 1 is 0.600 bits per heavy atom. The molecule has 0 saturated carbocycles. The van der Waals surface area contributed by atoms with Crippen LogP contribution in [0.3, 0.4) is 0 Å². The molecule has 4 aromatic carbocycles. The van der Waals surface area contributed by atoms with Crippen molar-refractivity contribution >= 4 is 39.2 Å². The number of aromatic carboxylic acids is 1. The molecule has 2 heterocycles. The topological polar surface area (TPSA) is 187 Å². The van der Waals surface area contributed by atoms with Gasteiger partial charge in [0, 0.05) is 19.3 Å². The molecular formula is C42H40N2O10S. The monoisotopic (exact) mass is 764 g/mol. The number of aliphatic hydroxyl groups is 2. The summed E-state index contributed by atoms with van der Waals surface area (Å²) in [5.74, 6) is -4.13. The number of carbonyl (C=O) groups is 5. The van der Waals surface area contributed by atoms with Crippen LogP contribution >= 0.6 is 0 Å². The Kier molecular flexibility index (Phi) is 12.2. The molecule has 4 aromatic rings. The zero-order valence-electron chi connectivity index (χ0n) is 30.4. The lowest BCUT2D eigenvalue weighted by Gasteiger charge is -2.26. The third kappa shape index (κ3) is 8.90. The predicted octanol–water partition coefficient (Wildman–Crippen LogP) is 5.53. The average molecular weight is 765 g/mol. The fourth-order valence-corrected chi connectivity index (χ4v) is 7.30. The van der Waals surface area contributed by atoms with Crippen LogP contribution in [0.4, 0.5) is 0 Å². The number of carboxylic acids is 1. The van der Waals surface area contributed by atoms with E-state index in [4.69, 9.17) is 5.11 Å². The van der Waals surface area contributed by atoms with Crippen molar-refractivity contribution in [1.82, 2.24) is 9.80 Å². The average Bonchev–Trinajstić information content (AvgIpc) is 3.57. The first-order chi connectivity index (χ1) is 26.1. The number of aliphatic hydroxyl groups excluding tert-OH is 2. The fourth-order valence-electron chi connectivity index (χ4n) is 6.67. The standard InChI is InChI=1S/C21H21NO5S.C21H19NO5/c1-14(23)18-19(16-8-10-17(11-9-16)28(2,26)27)22(21(25)20(18)24)13-12-15-6-4-3-5-7-15;1-13(23)17-18(15-7-9-16(10-8-15)21(26)27)22(20(25)19(17)24)12-11-14-5-3-2-4-6-14/h3-11,19,24H,12-13H2,1-2H3;2-10,18,24H,11-12H2,1H3,(H,26,27). The summed E-state index contributed by atoms with van der Waals surface area (Å²) in [5.41, 5.74) is 3.38. The summed E-state index contributed by atoms with van der Waals surface area (Å²) < 4.78 is 23.4. The highest BCUT2D eigenvalue weighted by atomic mass is 32.2. The smallest absolute Gasteiger partial charge is 0.335 e. The minimum Gasteiger partial charge on any atom is -0.503 e. The van der Waals surface area contributed by atoms with Crippen molar-refractivity contribution in [3.63, 3.8) is 0 Å². The summed E-state index contributed by atoms with van der Waals surface area (Å²) in [5, 5.41) is 29.6. The first kappa shape index (κ1) is 39.9. The number of amides is 2. The molecule has 0 bridgehead atoms. The summed E-state index contributed by atoms with van der Waals surface area (Å²) in [6.45, 7) is 3.23. The second-order valence-electron chi connectivity index (χ2n) is 13.2. The maximum absolute atomic E-state index is 12.6. The second kappa shape index (κ2) is 16.8. The van der Waals surface area contributed by atoms with Crippen LogP contribution in [0.2, 0.25) is 0 Å². The molecule has 2 amide bonds. The molecule has 0 saturated heterocycles. The predicted molar refractivity (Wildman–Crippen MR) is 203 cm³/mol. The Hall–Kier alpha value is -6.34. The van der Waals surface area contributed by atoms with Gasteiger partial charge in [-0.3, -0.25) is 19.2 Å². The summed E-state index contributed by atoms with van der Waals surface area (Å²) in [6, 6.07) is 29.7. The van der Waals surface area contributed by atoms with E-state index in [1.165, 1.54) is 47.9 Å². The van der Waals surface area contributed by atoms with Crippen LogP contribution in [0.15, 0.2) is 137 Å². The molecule has 0 radical (unpaired) electrons. The zero-order chi connectivity index (χ0) is 40.0. The molecule has 0 aliphatic carbocycles. The van der Waals surface area contributed by atoms with Crippen molar-refractivity contribution in [3.8, 4) is 0 Å². The molecule has 3 N–H and O–H groups in total. The maximum Gasteiger partial charge on any atom is 0.335 e. The van der Waals surface area contributed by atoms with Crippen molar-refractivity contribution in [1.29, 1.82) is 0 Å². The first-order valence-electron chi connectivity index (χ1n) is 17.3. The Bertz CT molecular complexity index is 2280. The molecule has 13 heteroatoms. The Labute approximate surface area is 318 Å². The summed E-state index contributed by atoms with van der Waals surface area (Å²) >= 11 is 0. The number of hydrogen-bond acceptors (Lipinski definition) is 9. The van der Waals surface area contributed by atoms with Gasteiger partial charge in [-0.05, 0) is 73.2 Å².